The van der Waals surface area contributed by atoms with E-state index in [9.17, 15) is 0 Å². The first-order chi connectivity index (χ1) is 8.22. The van der Waals surface area contributed by atoms with Crippen LogP contribution in [-0.4, -0.2) is 30.6 Å². The normalized spacial score (nSPS) is 17.6. The second-order valence-corrected chi connectivity index (χ2v) is 6.47. The molecule has 0 bridgehead atoms. The number of nitrogens with zero attached hydrogens (tertiary/aromatic N) is 1. The Kier molecular flexibility index (Phi) is 5.03. The third-order valence-electron chi connectivity index (χ3n) is 3.36. The first-order valence-corrected chi connectivity index (χ1v) is 8.10. The smallest absolute Gasteiger partial charge is 0.0397 e. The molecule has 1 atom stereocenters. The number of thiophene rings is 1. The summed E-state index contributed by atoms with van der Waals surface area (Å²) in [6.45, 7) is 7.94. The summed E-state index contributed by atoms with van der Waals surface area (Å²) in [5.41, 5.74) is 0. The van der Waals surface area contributed by atoms with Crippen LogP contribution in [0.4, 0.5) is 0 Å². The highest BCUT2D eigenvalue weighted by Gasteiger charge is 2.27. The first kappa shape index (κ1) is 13.5. The molecule has 1 aromatic heterocycles. The van der Waals surface area contributed by atoms with Gasteiger partial charge in [0.2, 0.25) is 0 Å². The molecule has 1 unspecified atom stereocenters. The SMILES string of the molecule is CCN(CCNC(C)c1sccc1Br)C1CC1. The molecule has 1 heterocycles. The summed E-state index contributed by atoms with van der Waals surface area (Å²) in [4.78, 5) is 3.99. The number of likely N-dealkylation sites (N-methyl/N-ethyl adjacent to an activating group) is 1. The van der Waals surface area contributed by atoms with E-state index in [0.717, 1.165) is 12.6 Å². The molecule has 2 rings (SSSR count). The molecule has 1 N–H and O–H groups in total. The van der Waals surface area contributed by atoms with Gasteiger partial charge in [0.1, 0.15) is 0 Å². The van der Waals surface area contributed by atoms with Crippen molar-refractivity contribution in [1.82, 2.24) is 10.2 Å². The summed E-state index contributed by atoms with van der Waals surface area (Å²) in [5, 5.41) is 5.75. The Morgan fingerprint density at radius 1 is 1.59 bits per heavy atom. The average Bonchev–Trinajstić information content (AvgIpc) is 3.06. The van der Waals surface area contributed by atoms with E-state index in [0.29, 0.717) is 6.04 Å². The molecule has 0 amide bonds. The molecule has 4 heteroatoms. The summed E-state index contributed by atoms with van der Waals surface area (Å²) >= 11 is 5.41. The van der Waals surface area contributed by atoms with Gasteiger partial charge in [0.05, 0.1) is 0 Å². The molecule has 1 aliphatic carbocycles. The molecule has 2 nitrogen and oxygen atoms in total. The van der Waals surface area contributed by atoms with Crippen molar-refractivity contribution in [2.45, 2.75) is 38.8 Å². The Morgan fingerprint density at radius 3 is 2.88 bits per heavy atom. The van der Waals surface area contributed by atoms with Crippen LogP contribution in [0.2, 0.25) is 0 Å². The standard InChI is InChI=1S/C13H21BrN2S/c1-3-16(11-4-5-11)8-7-15-10(2)13-12(14)6-9-17-13/h6,9-11,15H,3-5,7-8H2,1-2H3. The largest absolute Gasteiger partial charge is 0.308 e. The summed E-state index contributed by atoms with van der Waals surface area (Å²) in [6.07, 6.45) is 2.81. The molecule has 96 valence electrons. The van der Waals surface area contributed by atoms with Crippen molar-refractivity contribution in [2.75, 3.05) is 19.6 Å². The number of rotatable bonds is 7. The first-order valence-electron chi connectivity index (χ1n) is 6.42. The van der Waals surface area contributed by atoms with E-state index in [1.54, 1.807) is 0 Å². The minimum atomic E-state index is 0.447. The third-order valence-corrected chi connectivity index (χ3v) is 5.41. The van der Waals surface area contributed by atoms with Crippen LogP contribution in [0.15, 0.2) is 15.9 Å². The fourth-order valence-electron chi connectivity index (χ4n) is 2.17. The number of hydrogen-bond donors (Lipinski definition) is 1. The van der Waals surface area contributed by atoms with E-state index in [1.807, 2.05) is 11.3 Å². The zero-order valence-electron chi connectivity index (χ0n) is 10.6. The summed E-state index contributed by atoms with van der Waals surface area (Å²) in [5.74, 6) is 0. The Morgan fingerprint density at radius 2 is 2.35 bits per heavy atom. The molecular formula is C13H21BrN2S. The Bertz CT molecular complexity index is 349. The average molecular weight is 317 g/mol. The molecule has 0 aromatic carbocycles. The fraction of sp³-hybridized carbons (Fsp3) is 0.692. The van der Waals surface area contributed by atoms with Gasteiger partial charge in [-0.3, -0.25) is 4.90 Å². The Hall–Kier alpha value is 0.100. The van der Waals surface area contributed by atoms with Gasteiger partial charge in [0, 0.05) is 34.5 Å². The van der Waals surface area contributed by atoms with Gasteiger partial charge >= 0.3 is 0 Å². The lowest BCUT2D eigenvalue weighted by molar-refractivity contribution is 0.273. The summed E-state index contributed by atoms with van der Waals surface area (Å²) < 4.78 is 1.23. The van der Waals surface area contributed by atoms with E-state index >= 15 is 0 Å². The van der Waals surface area contributed by atoms with Crippen LogP contribution in [0.1, 0.15) is 37.6 Å². The topological polar surface area (TPSA) is 15.3 Å². The zero-order valence-corrected chi connectivity index (χ0v) is 13.0. The molecule has 1 aromatic rings. The molecule has 17 heavy (non-hydrogen) atoms. The summed E-state index contributed by atoms with van der Waals surface area (Å²) in [6, 6.07) is 3.45. The highest BCUT2D eigenvalue weighted by Crippen LogP contribution is 2.29. The van der Waals surface area contributed by atoms with Gasteiger partial charge in [-0.2, -0.15) is 0 Å². The highest BCUT2D eigenvalue weighted by molar-refractivity contribution is 9.10. The lowest BCUT2D eigenvalue weighted by atomic mass is 10.3. The van der Waals surface area contributed by atoms with Gasteiger partial charge in [-0.1, -0.05) is 6.92 Å². The molecule has 0 spiro atoms. The van der Waals surface area contributed by atoms with Gasteiger partial charge in [-0.15, -0.1) is 11.3 Å². The van der Waals surface area contributed by atoms with Crippen molar-refractivity contribution in [2.24, 2.45) is 0 Å². The molecule has 1 aliphatic rings. The molecular weight excluding hydrogens is 296 g/mol. The van der Waals surface area contributed by atoms with Gasteiger partial charge in [0.25, 0.3) is 0 Å². The fourth-order valence-corrected chi connectivity index (χ4v) is 3.92. The van der Waals surface area contributed by atoms with E-state index in [-0.39, 0.29) is 0 Å². The Balaban J connectivity index is 1.72. The maximum absolute atomic E-state index is 3.61. The summed E-state index contributed by atoms with van der Waals surface area (Å²) in [7, 11) is 0. The maximum atomic E-state index is 3.61. The quantitative estimate of drug-likeness (QED) is 0.826. The third kappa shape index (κ3) is 3.78. The van der Waals surface area contributed by atoms with Crippen molar-refractivity contribution in [3.63, 3.8) is 0 Å². The van der Waals surface area contributed by atoms with Crippen LogP contribution in [-0.2, 0) is 0 Å². The van der Waals surface area contributed by atoms with E-state index in [4.69, 9.17) is 0 Å². The lowest BCUT2D eigenvalue weighted by Gasteiger charge is -2.21. The minimum Gasteiger partial charge on any atom is -0.308 e. The van der Waals surface area contributed by atoms with Gasteiger partial charge in [0.15, 0.2) is 0 Å². The predicted molar refractivity (Wildman–Crippen MR) is 78.7 cm³/mol. The van der Waals surface area contributed by atoms with Crippen molar-refractivity contribution in [1.29, 1.82) is 0 Å². The maximum Gasteiger partial charge on any atom is 0.0397 e. The molecule has 0 radical (unpaired) electrons. The number of nitrogens with one attached hydrogen (secondary N) is 1. The zero-order chi connectivity index (χ0) is 12.3. The van der Waals surface area contributed by atoms with Crippen LogP contribution >= 0.6 is 27.3 Å². The molecule has 0 aliphatic heterocycles. The van der Waals surface area contributed by atoms with Crippen LogP contribution in [0.25, 0.3) is 0 Å². The molecule has 1 fully saturated rings. The molecule has 1 saturated carbocycles. The number of hydrogen-bond acceptors (Lipinski definition) is 3. The van der Waals surface area contributed by atoms with Crippen molar-refractivity contribution in [3.05, 3.63) is 20.8 Å². The van der Waals surface area contributed by atoms with Crippen molar-refractivity contribution < 1.29 is 0 Å². The molecule has 0 saturated heterocycles. The Labute approximate surface area is 117 Å². The van der Waals surface area contributed by atoms with E-state index in [2.05, 4.69) is 51.4 Å². The minimum absolute atomic E-state index is 0.447. The highest BCUT2D eigenvalue weighted by atomic mass is 79.9. The van der Waals surface area contributed by atoms with Gasteiger partial charge < -0.3 is 5.32 Å². The second-order valence-electron chi connectivity index (χ2n) is 4.67. The van der Waals surface area contributed by atoms with E-state index < -0.39 is 0 Å². The number of halogens is 1. The van der Waals surface area contributed by atoms with E-state index in [1.165, 1.54) is 35.3 Å². The predicted octanol–water partition coefficient (Wildman–Crippen LogP) is 3.65. The van der Waals surface area contributed by atoms with Crippen LogP contribution < -0.4 is 5.32 Å². The van der Waals surface area contributed by atoms with Crippen LogP contribution in [0.3, 0.4) is 0 Å². The second kappa shape index (κ2) is 6.32. The van der Waals surface area contributed by atoms with Crippen LogP contribution in [0, 0.1) is 0 Å². The lowest BCUT2D eigenvalue weighted by Crippen LogP contribution is -2.34. The van der Waals surface area contributed by atoms with Crippen molar-refractivity contribution >= 4 is 27.3 Å². The van der Waals surface area contributed by atoms with Gasteiger partial charge in [-0.05, 0) is 53.7 Å². The van der Waals surface area contributed by atoms with Gasteiger partial charge in [-0.25, -0.2) is 0 Å². The van der Waals surface area contributed by atoms with Crippen LogP contribution in [0.5, 0.6) is 0 Å². The van der Waals surface area contributed by atoms with Crippen molar-refractivity contribution in [3.8, 4) is 0 Å². The monoisotopic (exact) mass is 316 g/mol.